The first kappa shape index (κ1) is 19.8. The van der Waals surface area contributed by atoms with Crippen LogP contribution in [0.5, 0.6) is 0 Å². The number of nitrogens with zero attached hydrogens (tertiary/aromatic N) is 3. The van der Waals surface area contributed by atoms with Crippen LogP contribution in [-0.4, -0.2) is 34.7 Å². The summed E-state index contributed by atoms with van der Waals surface area (Å²) in [7, 11) is 0. The van der Waals surface area contributed by atoms with Crippen LogP contribution in [0.3, 0.4) is 0 Å². The van der Waals surface area contributed by atoms with Crippen LogP contribution in [0, 0.1) is 23.0 Å². The van der Waals surface area contributed by atoms with Crippen LogP contribution in [0.15, 0.2) is 54.2 Å². The number of amides is 2. The van der Waals surface area contributed by atoms with E-state index in [1.807, 2.05) is 30.0 Å². The van der Waals surface area contributed by atoms with E-state index in [1.165, 1.54) is 17.0 Å². The van der Waals surface area contributed by atoms with Gasteiger partial charge in [0.05, 0.1) is 16.2 Å². The van der Waals surface area contributed by atoms with E-state index in [2.05, 4.69) is 6.92 Å². The molecule has 4 rings (SSSR count). The summed E-state index contributed by atoms with van der Waals surface area (Å²) in [5, 5.41) is 11.0. The van der Waals surface area contributed by atoms with Gasteiger partial charge in [-0.3, -0.25) is 19.7 Å². The third-order valence-electron chi connectivity index (χ3n) is 5.79. The molecule has 2 amide bonds. The lowest BCUT2D eigenvalue weighted by Crippen LogP contribution is -2.38. The second-order valence-corrected chi connectivity index (χ2v) is 7.98. The van der Waals surface area contributed by atoms with E-state index in [0.717, 1.165) is 18.4 Å². The van der Waals surface area contributed by atoms with Gasteiger partial charge in [0.25, 0.3) is 17.5 Å². The largest absolute Gasteiger partial charge is 0.366 e. The Kier molecular flexibility index (Phi) is 5.11. The number of nitro groups is 1. The highest BCUT2D eigenvalue weighted by atomic mass is 16.6. The molecule has 2 aromatic rings. The first-order valence-electron chi connectivity index (χ1n) is 10.1. The second kappa shape index (κ2) is 7.74. The van der Waals surface area contributed by atoms with Gasteiger partial charge in [-0.05, 0) is 61.1 Å². The van der Waals surface area contributed by atoms with Crippen LogP contribution >= 0.6 is 0 Å². The average Bonchev–Trinajstić information content (AvgIpc) is 2.99. The third-order valence-corrected chi connectivity index (χ3v) is 5.79. The number of nitro benzene ring substituents is 1. The molecule has 30 heavy (non-hydrogen) atoms. The number of non-ortho nitro benzene ring substituents is 1. The molecule has 0 aromatic heterocycles. The maximum absolute atomic E-state index is 13.5. The molecule has 0 unspecified atom stereocenters. The smallest absolute Gasteiger partial charge is 0.282 e. The number of rotatable bonds is 4. The molecule has 0 spiro atoms. The zero-order chi connectivity index (χ0) is 21.4. The molecular formula is C23H23N3O4. The van der Waals surface area contributed by atoms with Crippen LogP contribution in [-0.2, 0) is 9.59 Å². The van der Waals surface area contributed by atoms with E-state index in [0.29, 0.717) is 41.5 Å². The highest BCUT2D eigenvalue weighted by Crippen LogP contribution is 2.37. The summed E-state index contributed by atoms with van der Waals surface area (Å²) < 4.78 is 0. The summed E-state index contributed by atoms with van der Waals surface area (Å²) in [5.41, 5.74) is 2.64. The van der Waals surface area contributed by atoms with Crippen molar-refractivity contribution in [3.05, 3.63) is 75.5 Å². The lowest BCUT2D eigenvalue weighted by molar-refractivity contribution is -0.384. The third kappa shape index (κ3) is 3.47. The van der Waals surface area contributed by atoms with Crippen molar-refractivity contribution < 1.29 is 14.5 Å². The monoisotopic (exact) mass is 405 g/mol. The lowest BCUT2D eigenvalue weighted by Gasteiger charge is -2.32. The van der Waals surface area contributed by atoms with E-state index in [-0.39, 0.29) is 11.6 Å². The molecule has 0 radical (unpaired) electrons. The topological polar surface area (TPSA) is 83.8 Å². The van der Waals surface area contributed by atoms with Gasteiger partial charge in [-0.2, -0.15) is 0 Å². The van der Waals surface area contributed by atoms with Gasteiger partial charge in [0.2, 0.25) is 0 Å². The fourth-order valence-corrected chi connectivity index (χ4v) is 4.06. The minimum Gasteiger partial charge on any atom is -0.366 e. The number of carbonyl (C=O) groups is 2. The zero-order valence-electron chi connectivity index (χ0n) is 17.0. The van der Waals surface area contributed by atoms with Crippen molar-refractivity contribution in [3.8, 4) is 0 Å². The molecule has 2 heterocycles. The van der Waals surface area contributed by atoms with Gasteiger partial charge in [-0.1, -0.05) is 19.1 Å². The summed E-state index contributed by atoms with van der Waals surface area (Å²) in [6.45, 7) is 5.50. The minimum absolute atomic E-state index is 0.0555. The van der Waals surface area contributed by atoms with Gasteiger partial charge >= 0.3 is 0 Å². The first-order valence-corrected chi connectivity index (χ1v) is 10.1. The summed E-state index contributed by atoms with van der Waals surface area (Å²) in [6.07, 6.45) is 1.89. The number of anilines is 1. The summed E-state index contributed by atoms with van der Waals surface area (Å²) in [6, 6.07) is 13.1. The van der Waals surface area contributed by atoms with Gasteiger partial charge < -0.3 is 4.90 Å². The number of piperidine rings is 1. The number of aryl methyl sites for hydroxylation is 1. The number of carbonyl (C=O) groups excluding carboxylic acids is 2. The van der Waals surface area contributed by atoms with Gasteiger partial charge in [0, 0.05) is 25.2 Å². The SMILES string of the molecule is Cc1cccc(N2C(=O)C(c3ccc([N+](=O)[O-])cc3)=C(N3CCC(C)CC3)C2=O)c1. The van der Waals surface area contributed by atoms with Crippen molar-refractivity contribution in [2.45, 2.75) is 26.7 Å². The summed E-state index contributed by atoms with van der Waals surface area (Å²) in [4.78, 5) is 40.7. The Bertz CT molecular complexity index is 1050. The van der Waals surface area contributed by atoms with Gasteiger partial charge in [-0.25, -0.2) is 4.90 Å². The van der Waals surface area contributed by atoms with Crippen molar-refractivity contribution in [1.29, 1.82) is 0 Å². The van der Waals surface area contributed by atoms with Crippen molar-refractivity contribution in [2.75, 3.05) is 18.0 Å². The normalized spacial score (nSPS) is 17.8. The summed E-state index contributed by atoms with van der Waals surface area (Å²) in [5.74, 6) is -0.161. The molecule has 0 N–H and O–H groups in total. The number of hydrogen-bond donors (Lipinski definition) is 0. The Morgan fingerprint density at radius 2 is 1.67 bits per heavy atom. The second-order valence-electron chi connectivity index (χ2n) is 7.98. The van der Waals surface area contributed by atoms with Crippen LogP contribution in [0.2, 0.25) is 0 Å². The maximum Gasteiger partial charge on any atom is 0.282 e. The fourth-order valence-electron chi connectivity index (χ4n) is 4.06. The van der Waals surface area contributed by atoms with Crippen molar-refractivity contribution in [1.82, 2.24) is 4.90 Å². The Hall–Kier alpha value is -3.48. The van der Waals surface area contributed by atoms with E-state index < -0.39 is 10.8 Å². The van der Waals surface area contributed by atoms with E-state index >= 15 is 0 Å². The fraction of sp³-hybridized carbons (Fsp3) is 0.304. The molecule has 1 saturated heterocycles. The number of likely N-dealkylation sites (tertiary alicyclic amines) is 1. The maximum atomic E-state index is 13.5. The molecule has 2 aliphatic heterocycles. The Morgan fingerprint density at radius 3 is 2.27 bits per heavy atom. The van der Waals surface area contributed by atoms with Crippen LogP contribution in [0.1, 0.15) is 30.9 Å². The van der Waals surface area contributed by atoms with E-state index in [9.17, 15) is 19.7 Å². The molecule has 2 aliphatic rings. The molecule has 7 nitrogen and oxygen atoms in total. The van der Waals surface area contributed by atoms with Crippen molar-refractivity contribution in [2.24, 2.45) is 5.92 Å². The Labute approximate surface area is 174 Å². The summed E-state index contributed by atoms with van der Waals surface area (Å²) >= 11 is 0. The molecule has 1 fully saturated rings. The van der Waals surface area contributed by atoms with Gasteiger partial charge in [0.15, 0.2) is 0 Å². The number of imide groups is 1. The van der Waals surface area contributed by atoms with Crippen LogP contribution < -0.4 is 4.90 Å². The van der Waals surface area contributed by atoms with E-state index in [4.69, 9.17) is 0 Å². The lowest BCUT2D eigenvalue weighted by atomic mass is 9.97. The standard InChI is InChI=1S/C23H23N3O4/c1-15-10-12-24(13-11-15)21-20(17-6-8-18(9-7-17)26(29)30)22(27)25(23(21)28)19-5-3-4-16(2)14-19/h3-9,14-15H,10-13H2,1-2H3. The average molecular weight is 405 g/mol. The minimum atomic E-state index is -0.480. The van der Waals surface area contributed by atoms with E-state index in [1.54, 1.807) is 18.2 Å². The molecule has 0 aliphatic carbocycles. The molecule has 0 bridgehead atoms. The van der Waals surface area contributed by atoms with Crippen LogP contribution in [0.4, 0.5) is 11.4 Å². The first-order chi connectivity index (χ1) is 14.4. The molecule has 2 aromatic carbocycles. The molecule has 154 valence electrons. The Balaban J connectivity index is 1.80. The Morgan fingerprint density at radius 1 is 1.00 bits per heavy atom. The zero-order valence-corrected chi connectivity index (χ0v) is 17.0. The van der Waals surface area contributed by atoms with Crippen molar-refractivity contribution in [3.63, 3.8) is 0 Å². The number of hydrogen-bond acceptors (Lipinski definition) is 5. The molecular weight excluding hydrogens is 382 g/mol. The highest BCUT2D eigenvalue weighted by Gasteiger charge is 2.43. The van der Waals surface area contributed by atoms with Crippen molar-refractivity contribution >= 4 is 28.8 Å². The molecule has 0 atom stereocenters. The van der Waals surface area contributed by atoms with Gasteiger partial charge in [-0.15, -0.1) is 0 Å². The predicted molar refractivity (Wildman–Crippen MR) is 114 cm³/mol. The highest BCUT2D eigenvalue weighted by molar-refractivity contribution is 6.45. The van der Waals surface area contributed by atoms with Crippen LogP contribution in [0.25, 0.3) is 5.57 Å². The van der Waals surface area contributed by atoms with Gasteiger partial charge in [0.1, 0.15) is 5.70 Å². The molecule has 7 heteroatoms. The quantitative estimate of drug-likeness (QED) is 0.437. The number of benzene rings is 2. The predicted octanol–water partition coefficient (Wildman–Crippen LogP) is 3.92. The molecule has 0 saturated carbocycles.